The number of amides is 1. The number of benzene rings is 1. The van der Waals surface area contributed by atoms with E-state index in [1.54, 1.807) is 24.4 Å². The fraction of sp³-hybridized carbons (Fsp3) is 0. The molecule has 3 aromatic rings. The van der Waals surface area contributed by atoms with Gasteiger partial charge < -0.3 is 5.32 Å². The summed E-state index contributed by atoms with van der Waals surface area (Å²) >= 11 is 14.2. The van der Waals surface area contributed by atoms with Gasteiger partial charge in [-0.1, -0.05) is 11.6 Å². The average Bonchev–Trinajstić information content (AvgIpc) is 2.82. The molecule has 0 fully saturated rings. The first-order valence-electron chi connectivity index (χ1n) is 5.85. The third-order valence-corrected chi connectivity index (χ3v) is 6.40. The Kier molecular flexibility index (Phi) is 4.31. The second-order valence-corrected chi connectivity index (χ2v) is 7.81. The highest BCUT2D eigenvalue weighted by Gasteiger charge is 2.14. The molecule has 3 nitrogen and oxygen atoms in total. The predicted octanol–water partition coefficient (Wildman–Crippen LogP) is 5.73. The molecule has 2 aromatic heterocycles. The topological polar surface area (TPSA) is 42.0 Å². The Labute approximate surface area is 146 Å². The molecule has 0 bridgehead atoms. The zero-order chi connectivity index (χ0) is 15.0. The number of hydrogen-bond acceptors (Lipinski definition) is 3. The van der Waals surface area contributed by atoms with Gasteiger partial charge in [-0.2, -0.15) is 0 Å². The minimum absolute atomic E-state index is 0.168. The smallest absolute Gasteiger partial charge is 0.265 e. The van der Waals surface area contributed by atoms with E-state index in [0.717, 1.165) is 13.6 Å². The van der Waals surface area contributed by atoms with Crippen LogP contribution in [0.25, 0.3) is 10.9 Å². The Morgan fingerprint density at radius 1 is 1.29 bits per heavy atom. The van der Waals surface area contributed by atoms with Crippen LogP contribution < -0.4 is 5.32 Å². The van der Waals surface area contributed by atoms with Crippen LogP contribution in [0.3, 0.4) is 0 Å². The molecular formula is C14H7Br2ClN2OS. The molecular weight excluding hydrogens is 439 g/mol. The molecule has 0 saturated heterocycles. The highest BCUT2D eigenvalue weighted by Crippen LogP contribution is 2.33. The summed E-state index contributed by atoms with van der Waals surface area (Å²) in [5.41, 5.74) is 1.36. The second kappa shape index (κ2) is 6.04. The molecule has 1 aromatic carbocycles. The number of pyridine rings is 1. The molecule has 0 atom stereocenters. The van der Waals surface area contributed by atoms with Crippen molar-refractivity contribution < 1.29 is 4.79 Å². The fourth-order valence-corrected chi connectivity index (χ4v) is 4.03. The zero-order valence-corrected chi connectivity index (χ0v) is 15.1. The molecule has 106 valence electrons. The number of nitrogens with one attached hydrogen (secondary N) is 1. The lowest BCUT2D eigenvalue weighted by atomic mass is 10.2. The molecule has 21 heavy (non-hydrogen) atoms. The number of thiophene rings is 1. The highest BCUT2D eigenvalue weighted by molar-refractivity contribution is 9.13. The lowest BCUT2D eigenvalue weighted by molar-refractivity contribution is 0.103. The minimum atomic E-state index is -0.168. The Hall–Kier alpha value is -0.950. The van der Waals surface area contributed by atoms with Gasteiger partial charge in [0.15, 0.2) is 0 Å². The van der Waals surface area contributed by atoms with Gasteiger partial charge >= 0.3 is 0 Å². The van der Waals surface area contributed by atoms with Crippen molar-refractivity contribution in [2.24, 2.45) is 0 Å². The summed E-state index contributed by atoms with van der Waals surface area (Å²) in [6, 6.07) is 8.98. The summed E-state index contributed by atoms with van der Waals surface area (Å²) in [5.74, 6) is -0.168. The number of anilines is 1. The molecule has 0 unspecified atom stereocenters. The van der Waals surface area contributed by atoms with Crippen LogP contribution in [0.2, 0.25) is 5.02 Å². The maximum atomic E-state index is 12.3. The van der Waals surface area contributed by atoms with Gasteiger partial charge in [0.1, 0.15) is 0 Å². The Morgan fingerprint density at radius 2 is 2.10 bits per heavy atom. The Morgan fingerprint density at radius 3 is 2.81 bits per heavy atom. The summed E-state index contributed by atoms with van der Waals surface area (Å²) in [7, 11) is 0. The van der Waals surface area contributed by atoms with Gasteiger partial charge in [-0.15, -0.1) is 11.3 Å². The minimum Gasteiger partial charge on any atom is -0.321 e. The van der Waals surface area contributed by atoms with Gasteiger partial charge in [-0.3, -0.25) is 9.78 Å². The van der Waals surface area contributed by atoms with Crippen molar-refractivity contribution in [3.05, 3.63) is 54.7 Å². The van der Waals surface area contributed by atoms with Gasteiger partial charge in [0.2, 0.25) is 0 Å². The van der Waals surface area contributed by atoms with Crippen molar-refractivity contribution in [3.63, 3.8) is 0 Å². The van der Waals surface area contributed by atoms with Crippen LogP contribution in [-0.2, 0) is 0 Å². The van der Waals surface area contributed by atoms with Gasteiger partial charge in [-0.05, 0) is 62.2 Å². The lowest BCUT2D eigenvalue weighted by Crippen LogP contribution is -2.10. The molecule has 1 N–H and O–H groups in total. The normalized spacial score (nSPS) is 10.8. The first-order chi connectivity index (χ1) is 10.1. The Balaban J connectivity index is 1.98. The van der Waals surface area contributed by atoms with Gasteiger partial charge in [0.25, 0.3) is 5.91 Å². The van der Waals surface area contributed by atoms with Crippen molar-refractivity contribution >= 4 is 77.3 Å². The van der Waals surface area contributed by atoms with Crippen molar-refractivity contribution in [1.29, 1.82) is 0 Å². The third kappa shape index (κ3) is 2.99. The van der Waals surface area contributed by atoms with Gasteiger partial charge in [0, 0.05) is 16.1 Å². The Bertz CT molecular complexity index is 831. The van der Waals surface area contributed by atoms with Crippen molar-refractivity contribution in [2.45, 2.75) is 0 Å². The van der Waals surface area contributed by atoms with Crippen LogP contribution in [0.15, 0.2) is 44.8 Å². The molecule has 3 rings (SSSR count). The SMILES string of the molecule is O=C(Nc1ccc(Cl)c2ncccc12)c1cc(Br)c(Br)s1. The first-order valence-corrected chi connectivity index (χ1v) is 8.63. The number of fused-ring (bicyclic) bond motifs is 1. The van der Waals surface area contributed by atoms with Crippen molar-refractivity contribution in [1.82, 2.24) is 4.98 Å². The molecule has 0 aliphatic carbocycles. The molecule has 0 spiro atoms. The van der Waals surface area contributed by atoms with Crippen LogP contribution in [0.1, 0.15) is 9.67 Å². The highest BCUT2D eigenvalue weighted by atomic mass is 79.9. The van der Waals surface area contributed by atoms with Crippen molar-refractivity contribution in [2.75, 3.05) is 5.32 Å². The molecule has 1 amide bonds. The largest absolute Gasteiger partial charge is 0.321 e. The van der Waals surface area contributed by atoms with E-state index in [9.17, 15) is 4.79 Å². The zero-order valence-electron chi connectivity index (χ0n) is 10.4. The maximum Gasteiger partial charge on any atom is 0.265 e. The molecule has 0 aliphatic rings. The summed E-state index contributed by atoms with van der Waals surface area (Å²) < 4.78 is 1.75. The van der Waals surface area contributed by atoms with Crippen LogP contribution >= 0.6 is 54.8 Å². The van der Waals surface area contributed by atoms with E-state index >= 15 is 0 Å². The third-order valence-electron chi connectivity index (χ3n) is 2.84. The predicted molar refractivity (Wildman–Crippen MR) is 94.4 cm³/mol. The number of carbonyl (C=O) groups is 1. The summed E-state index contributed by atoms with van der Waals surface area (Å²) in [4.78, 5) is 17.2. The van der Waals surface area contributed by atoms with Crippen LogP contribution in [0.4, 0.5) is 5.69 Å². The number of halogens is 3. The van der Waals surface area contributed by atoms with E-state index < -0.39 is 0 Å². The lowest BCUT2D eigenvalue weighted by Gasteiger charge is -2.08. The standard InChI is InChI=1S/C14H7Br2ClN2OS/c15-8-6-11(21-13(8)16)14(20)19-10-4-3-9(17)12-7(10)2-1-5-18-12/h1-6H,(H,19,20). The van der Waals surface area contributed by atoms with Gasteiger partial charge in [0.05, 0.1) is 24.9 Å². The molecule has 0 aliphatic heterocycles. The number of hydrogen-bond donors (Lipinski definition) is 1. The van der Waals surface area contributed by atoms with E-state index in [-0.39, 0.29) is 5.91 Å². The number of rotatable bonds is 2. The van der Waals surface area contributed by atoms with Gasteiger partial charge in [-0.25, -0.2) is 0 Å². The van der Waals surface area contributed by atoms with Crippen LogP contribution in [0.5, 0.6) is 0 Å². The van der Waals surface area contributed by atoms with Crippen LogP contribution in [0, 0.1) is 0 Å². The van der Waals surface area contributed by atoms with Crippen molar-refractivity contribution in [3.8, 4) is 0 Å². The second-order valence-electron chi connectivity index (χ2n) is 4.18. The summed E-state index contributed by atoms with van der Waals surface area (Å²) in [6.45, 7) is 0. The average molecular weight is 447 g/mol. The van der Waals surface area contributed by atoms with E-state index in [4.69, 9.17) is 11.6 Å². The van der Waals surface area contributed by atoms with E-state index in [1.807, 2.05) is 12.1 Å². The van der Waals surface area contributed by atoms with E-state index in [0.29, 0.717) is 21.1 Å². The molecule has 0 saturated carbocycles. The van der Waals surface area contributed by atoms with E-state index in [2.05, 4.69) is 42.2 Å². The molecule has 7 heteroatoms. The number of aromatic nitrogens is 1. The summed E-state index contributed by atoms with van der Waals surface area (Å²) in [6.07, 6.45) is 1.67. The van der Waals surface area contributed by atoms with Crippen LogP contribution in [-0.4, -0.2) is 10.9 Å². The molecule has 0 radical (unpaired) electrons. The fourth-order valence-electron chi connectivity index (χ4n) is 1.89. The van der Waals surface area contributed by atoms with E-state index in [1.165, 1.54) is 11.3 Å². The first kappa shape index (κ1) is 15.0. The number of nitrogens with zero attached hydrogens (tertiary/aromatic N) is 1. The monoisotopic (exact) mass is 444 g/mol. The number of carbonyl (C=O) groups excluding carboxylic acids is 1. The maximum absolute atomic E-state index is 12.3. The summed E-state index contributed by atoms with van der Waals surface area (Å²) in [5, 5.41) is 4.27. The molecule has 2 heterocycles. The quantitative estimate of drug-likeness (QED) is 0.547.